The van der Waals surface area contributed by atoms with Gasteiger partial charge in [0, 0.05) is 17.0 Å². The van der Waals surface area contributed by atoms with Gasteiger partial charge in [-0.05, 0) is 31.5 Å². The maximum atomic E-state index is 11.2. The molecule has 3 aromatic rings. The summed E-state index contributed by atoms with van der Waals surface area (Å²) in [6.45, 7) is 3.73. The number of non-ortho nitro benzene ring substituents is 1. The number of aryl methyl sites for hydroxylation is 1. The van der Waals surface area contributed by atoms with Crippen LogP contribution in [0, 0.1) is 27.2 Å². The van der Waals surface area contributed by atoms with Crippen LogP contribution in [0.1, 0.15) is 18.2 Å². The molecule has 26 heavy (non-hydrogen) atoms. The van der Waals surface area contributed by atoms with Crippen LogP contribution in [0.5, 0.6) is 0 Å². The molecule has 0 spiro atoms. The van der Waals surface area contributed by atoms with E-state index in [1.807, 2.05) is 31.2 Å². The smallest absolute Gasteiger partial charge is 0.301 e. The van der Waals surface area contributed by atoms with Crippen molar-refractivity contribution in [2.24, 2.45) is 5.10 Å². The van der Waals surface area contributed by atoms with Gasteiger partial charge in [-0.15, -0.1) is 0 Å². The van der Waals surface area contributed by atoms with Crippen molar-refractivity contribution in [3.05, 3.63) is 74.0 Å². The molecule has 3 rings (SSSR count). The summed E-state index contributed by atoms with van der Waals surface area (Å²) >= 11 is 0. The molecule has 0 radical (unpaired) electrons. The Labute approximate surface area is 147 Å². The molecule has 0 bridgehead atoms. The van der Waals surface area contributed by atoms with Crippen molar-refractivity contribution in [2.45, 2.75) is 13.8 Å². The third-order valence-corrected chi connectivity index (χ3v) is 4.06. The molecular formula is C17H15N5O4. The lowest BCUT2D eigenvalue weighted by Crippen LogP contribution is -2.03. The van der Waals surface area contributed by atoms with Crippen molar-refractivity contribution in [3.8, 4) is 0 Å². The number of aromatic nitrogens is 1. The molecule has 0 aliphatic heterocycles. The van der Waals surface area contributed by atoms with Crippen LogP contribution in [0.25, 0.3) is 10.9 Å². The van der Waals surface area contributed by atoms with Crippen molar-refractivity contribution in [1.82, 2.24) is 4.98 Å². The van der Waals surface area contributed by atoms with Gasteiger partial charge in [-0.25, -0.2) is 0 Å². The zero-order chi connectivity index (χ0) is 18.8. The molecule has 9 heteroatoms. The SMILES string of the molecule is C/C(=N\Nc1ccc([N+](=O)[O-])cc1[N+](=O)[O-])c1[nH]c2ccccc2c1C. The number of fused-ring (bicyclic) bond motifs is 1. The molecule has 0 atom stereocenters. The average Bonchev–Trinajstić information content (AvgIpc) is 2.96. The van der Waals surface area contributed by atoms with E-state index in [9.17, 15) is 20.2 Å². The van der Waals surface area contributed by atoms with E-state index < -0.39 is 15.5 Å². The number of aromatic amines is 1. The monoisotopic (exact) mass is 353 g/mol. The van der Waals surface area contributed by atoms with E-state index >= 15 is 0 Å². The average molecular weight is 353 g/mol. The minimum Gasteiger partial charge on any atom is -0.353 e. The van der Waals surface area contributed by atoms with Gasteiger partial charge in [0.05, 0.1) is 27.3 Å². The minimum atomic E-state index is -0.686. The second-order valence-corrected chi connectivity index (χ2v) is 5.70. The Morgan fingerprint density at radius 3 is 2.50 bits per heavy atom. The number of H-pyrrole nitrogens is 1. The maximum absolute atomic E-state index is 11.2. The molecule has 2 aromatic carbocycles. The Balaban J connectivity index is 1.94. The van der Waals surface area contributed by atoms with Gasteiger partial charge in [0.15, 0.2) is 0 Å². The van der Waals surface area contributed by atoms with E-state index in [1.165, 1.54) is 12.1 Å². The Morgan fingerprint density at radius 2 is 1.85 bits per heavy atom. The van der Waals surface area contributed by atoms with Crippen LogP contribution < -0.4 is 5.43 Å². The van der Waals surface area contributed by atoms with Crippen molar-refractivity contribution < 1.29 is 9.85 Å². The highest BCUT2D eigenvalue weighted by Crippen LogP contribution is 2.29. The first-order chi connectivity index (χ1) is 12.4. The van der Waals surface area contributed by atoms with Crippen LogP contribution in [0.2, 0.25) is 0 Å². The number of hydrogen-bond acceptors (Lipinski definition) is 6. The second-order valence-electron chi connectivity index (χ2n) is 5.70. The summed E-state index contributed by atoms with van der Waals surface area (Å²) in [5.74, 6) is 0. The molecule has 0 unspecified atom stereocenters. The van der Waals surface area contributed by atoms with Gasteiger partial charge in [0.25, 0.3) is 5.69 Å². The second kappa shape index (κ2) is 6.63. The van der Waals surface area contributed by atoms with E-state index in [-0.39, 0.29) is 11.4 Å². The summed E-state index contributed by atoms with van der Waals surface area (Å²) in [7, 11) is 0. The molecule has 132 valence electrons. The normalized spacial score (nSPS) is 11.5. The van der Waals surface area contributed by atoms with E-state index in [0.717, 1.165) is 28.2 Å². The van der Waals surface area contributed by atoms with Crippen LogP contribution >= 0.6 is 0 Å². The van der Waals surface area contributed by atoms with Crippen molar-refractivity contribution >= 4 is 33.7 Å². The lowest BCUT2D eigenvalue weighted by atomic mass is 10.1. The number of anilines is 1. The largest absolute Gasteiger partial charge is 0.353 e. The van der Waals surface area contributed by atoms with Crippen molar-refractivity contribution in [2.75, 3.05) is 5.43 Å². The molecule has 9 nitrogen and oxygen atoms in total. The van der Waals surface area contributed by atoms with Gasteiger partial charge >= 0.3 is 5.69 Å². The van der Waals surface area contributed by atoms with E-state index in [2.05, 4.69) is 15.5 Å². The fourth-order valence-electron chi connectivity index (χ4n) is 2.72. The third-order valence-electron chi connectivity index (χ3n) is 4.06. The van der Waals surface area contributed by atoms with Crippen LogP contribution in [0.15, 0.2) is 47.6 Å². The number of benzene rings is 2. The molecule has 2 N–H and O–H groups in total. The Bertz CT molecular complexity index is 1050. The van der Waals surface area contributed by atoms with Gasteiger partial charge in [-0.1, -0.05) is 18.2 Å². The van der Waals surface area contributed by atoms with E-state index in [4.69, 9.17) is 0 Å². The maximum Gasteiger partial charge on any atom is 0.301 e. The number of hydrogen-bond donors (Lipinski definition) is 2. The standard InChI is InChI=1S/C17H15N5O4/c1-10-13-5-3-4-6-14(13)18-17(10)11(2)19-20-15-8-7-12(21(23)24)9-16(15)22(25)26/h3-9,18,20H,1-2H3/b19-11+. The molecule has 0 aliphatic rings. The zero-order valence-electron chi connectivity index (χ0n) is 14.0. The molecule has 0 aliphatic carbocycles. The first-order valence-corrected chi connectivity index (χ1v) is 7.69. The summed E-state index contributed by atoms with van der Waals surface area (Å²) in [6, 6.07) is 11.2. The summed E-state index contributed by atoms with van der Waals surface area (Å²) in [4.78, 5) is 23.9. The Morgan fingerprint density at radius 1 is 1.12 bits per heavy atom. The van der Waals surface area contributed by atoms with Gasteiger partial charge in [0.2, 0.25) is 0 Å². The molecule has 0 saturated carbocycles. The lowest BCUT2D eigenvalue weighted by Gasteiger charge is -2.04. The number of nitrogens with zero attached hydrogens (tertiary/aromatic N) is 3. The van der Waals surface area contributed by atoms with Gasteiger partial charge in [-0.3, -0.25) is 25.7 Å². The number of nitro benzene ring substituents is 2. The number of nitro groups is 2. The third kappa shape index (κ3) is 3.09. The van der Waals surface area contributed by atoms with Crippen LogP contribution in [0.4, 0.5) is 17.1 Å². The van der Waals surface area contributed by atoms with Gasteiger partial charge < -0.3 is 4.98 Å². The summed E-state index contributed by atoms with van der Waals surface area (Å²) in [6.07, 6.45) is 0. The van der Waals surface area contributed by atoms with E-state index in [1.54, 1.807) is 6.92 Å². The van der Waals surface area contributed by atoms with Crippen LogP contribution in [0.3, 0.4) is 0 Å². The molecule has 0 saturated heterocycles. The summed E-state index contributed by atoms with van der Waals surface area (Å²) in [5.41, 5.74) is 5.34. The Hall–Kier alpha value is -3.75. The Kier molecular flexibility index (Phi) is 4.36. The van der Waals surface area contributed by atoms with Crippen LogP contribution in [-0.4, -0.2) is 20.5 Å². The number of nitrogens with one attached hydrogen (secondary N) is 2. The molecule has 0 fully saturated rings. The highest BCUT2D eigenvalue weighted by atomic mass is 16.6. The number of para-hydroxylation sites is 1. The number of rotatable bonds is 5. The van der Waals surface area contributed by atoms with Crippen molar-refractivity contribution in [3.63, 3.8) is 0 Å². The fourth-order valence-corrected chi connectivity index (χ4v) is 2.72. The zero-order valence-corrected chi connectivity index (χ0v) is 14.0. The first-order valence-electron chi connectivity index (χ1n) is 7.69. The molecule has 1 aromatic heterocycles. The van der Waals surface area contributed by atoms with Gasteiger partial charge in [0.1, 0.15) is 5.69 Å². The minimum absolute atomic E-state index is 0.0775. The molecular weight excluding hydrogens is 338 g/mol. The topological polar surface area (TPSA) is 126 Å². The summed E-state index contributed by atoms with van der Waals surface area (Å²) < 4.78 is 0. The van der Waals surface area contributed by atoms with Crippen LogP contribution in [-0.2, 0) is 0 Å². The quantitative estimate of drug-likeness (QED) is 0.405. The highest BCUT2D eigenvalue weighted by molar-refractivity contribution is 6.04. The molecule has 0 amide bonds. The number of hydrazone groups is 1. The van der Waals surface area contributed by atoms with Crippen molar-refractivity contribution in [1.29, 1.82) is 0 Å². The first kappa shape index (κ1) is 17.1. The van der Waals surface area contributed by atoms with E-state index in [0.29, 0.717) is 5.71 Å². The lowest BCUT2D eigenvalue weighted by molar-refractivity contribution is -0.393. The van der Waals surface area contributed by atoms with Gasteiger partial charge in [-0.2, -0.15) is 5.10 Å². The predicted octanol–water partition coefficient (Wildman–Crippen LogP) is 4.13. The summed E-state index contributed by atoms with van der Waals surface area (Å²) in [5, 5.41) is 27.2. The highest BCUT2D eigenvalue weighted by Gasteiger charge is 2.19. The predicted molar refractivity (Wildman–Crippen MR) is 98.6 cm³/mol. The molecule has 1 heterocycles. The fraction of sp³-hybridized carbons (Fsp3) is 0.118.